The molecule has 29 heavy (non-hydrogen) atoms. The van der Waals surface area contributed by atoms with E-state index in [1.54, 1.807) is 0 Å². The molecule has 2 fully saturated rings. The molecule has 0 spiro atoms. The summed E-state index contributed by atoms with van der Waals surface area (Å²) in [4.78, 5) is 27.2. The highest BCUT2D eigenvalue weighted by molar-refractivity contribution is 5.80. The molecule has 2 unspecified atom stereocenters. The van der Waals surface area contributed by atoms with Gasteiger partial charge >= 0.3 is 5.97 Å². The van der Waals surface area contributed by atoms with Crippen LogP contribution >= 0.6 is 0 Å². The van der Waals surface area contributed by atoms with Crippen molar-refractivity contribution >= 4 is 11.9 Å². The molecule has 2 aliphatic rings. The Labute approximate surface area is 173 Å². The Hall–Kier alpha value is -1.92. The number of benzene rings is 1. The largest absolute Gasteiger partial charge is 0.460 e. The third kappa shape index (κ3) is 6.03. The Morgan fingerprint density at radius 3 is 2.69 bits per heavy atom. The second kappa shape index (κ2) is 10.7. The Balaban J connectivity index is 1.39. The number of nitrogens with one attached hydrogen (secondary N) is 1. The summed E-state index contributed by atoms with van der Waals surface area (Å²) in [5, 5.41) is 3.35. The number of piperidine rings is 1. The average molecular weight is 403 g/mol. The van der Waals surface area contributed by atoms with Gasteiger partial charge in [0.1, 0.15) is 12.6 Å². The van der Waals surface area contributed by atoms with Crippen LogP contribution < -0.4 is 5.32 Å². The summed E-state index contributed by atoms with van der Waals surface area (Å²) < 4.78 is 10.7. The van der Waals surface area contributed by atoms with Crippen molar-refractivity contribution in [1.29, 1.82) is 0 Å². The van der Waals surface area contributed by atoms with Crippen LogP contribution in [0.2, 0.25) is 0 Å². The Kier molecular flexibility index (Phi) is 8.07. The fourth-order valence-electron chi connectivity index (χ4n) is 4.03. The molecular weight excluding hydrogens is 368 g/mol. The van der Waals surface area contributed by atoms with Crippen LogP contribution in [0.1, 0.15) is 45.1 Å². The topological polar surface area (TPSA) is 67.9 Å². The lowest BCUT2D eigenvalue weighted by molar-refractivity contribution is -0.153. The SMILES string of the molecule is CC(C)C(NCCCC1CCCN(C2COC2)C1=O)C(=O)OCc1ccccc1. The molecule has 2 atom stereocenters. The van der Waals surface area contributed by atoms with Gasteiger partial charge in [-0.3, -0.25) is 9.59 Å². The van der Waals surface area contributed by atoms with Gasteiger partial charge in [-0.2, -0.15) is 0 Å². The van der Waals surface area contributed by atoms with Crippen LogP contribution in [0.15, 0.2) is 30.3 Å². The zero-order valence-electron chi connectivity index (χ0n) is 17.6. The molecule has 1 amide bonds. The summed E-state index contributed by atoms with van der Waals surface area (Å²) in [5.74, 6) is 0.318. The van der Waals surface area contributed by atoms with Crippen molar-refractivity contribution in [3.8, 4) is 0 Å². The maximum absolute atomic E-state index is 12.7. The molecule has 2 aliphatic heterocycles. The Morgan fingerprint density at radius 1 is 1.28 bits per heavy atom. The number of hydrogen-bond acceptors (Lipinski definition) is 5. The van der Waals surface area contributed by atoms with Gasteiger partial charge in [-0.15, -0.1) is 0 Å². The van der Waals surface area contributed by atoms with E-state index in [-0.39, 0.29) is 35.8 Å². The van der Waals surface area contributed by atoms with Crippen molar-refractivity contribution in [2.75, 3.05) is 26.3 Å². The Bertz CT molecular complexity index is 660. The van der Waals surface area contributed by atoms with E-state index in [1.807, 2.05) is 49.1 Å². The minimum Gasteiger partial charge on any atom is -0.460 e. The summed E-state index contributed by atoms with van der Waals surface area (Å²) in [7, 11) is 0. The van der Waals surface area contributed by atoms with Crippen molar-refractivity contribution in [2.24, 2.45) is 11.8 Å². The number of carbonyl (C=O) groups is 2. The molecule has 160 valence electrons. The van der Waals surface area contributed by atoms with E-state index in [0.717, 1.165) is 37.8 Å². The molecule has 2 heterocycles. The third-order valence-electron chi connectivity index (χ3n) is 5.88. The maximum atomic E-state index is 12.7. The highest BCUT2D eigenvalue weighted by Crippen LogP contribution is 2.26. The average Bonchev–Trinajstić information content (AvgIpc) is 2.68. The van der Waals surface area contributed by atoms with Gasteiger partial charge in [0.25, 0.3) is 0 Å². The van der Waals surface area contributed by atoms with Crippen LogP contribution in [-0.2, 0) is 25.7 Å². The predicted molar refractivity (Wildman–Crippen MR) is 111 cm³/mol. The lowest BCUT2D eigenvalue weighted by Crippen LogP contribution is -2.55. The first-order valence-electron chi connectivity index (χ1n) is 10.9. The molecule has 3 rings (SSSR count). The molecule has 0 bridgehead atoms. The van der Waals surface area contributed by atoms with Crippen LogP contribution in [0.4, 0.5) is 0 Å². The number of amides is 1. The van der Waals surface area contributed by atoms with Crippen molar-refractivity contribution < 1.29 is 19.1 Å². The normalized spacial score (nSPS) is 21.1. The second-order valence-electron chi connectivity index (χ2n) is 8.47. The number of nitrogens with zero attached hydrogens (tertiary/aromatic N) is 1. The first-order valence-corrected chi connectivity index (χ1v) is 10.9. The van der Waals surface area contributed by atoms with E-state index < -0.39 is 0 Å². The fourth-order valence-corrected chi connectivity index (χ4v) is 4.03. The van der Waals surface area contributed by atoms with Crippen LogP contribution in [0, 0.1) is 11.8 Å². The van der Waals surface area contributed by atoms with E-state index in [4.69, 9.17) is 9.47 Å². The zero-order chi connectivity index (χ0) is 20.6. The number of esters is 1. The van der Waals surface area contributed by atoms with Gasteiger partial charge in [0.2, 0.25) is 5.91 Å². The highest BCUT2D eigenvalue weighted by Gasteiger charge is 2.36. The minimum atomic E-state index is -0.329. The van der Waals surface area contributed by atoms with Crippen LogP contribution in [0.25, 0.3) is 0 Å². The quantitative estimate of drug-likeness (QED) is 0.481. The van der Waals surface area contributed by atoms with E-state index in [9.17, 15) is 9.59 Å². The molecule has 0 aliphatic carbocycles. The molecule has 6 nitrogen and oxygen atoms in total. The van der Waals surface area contributed by atoms with Crippen molar-refractivity contribution in [1.82, 2.24) is 10.2 Å². The molecule has 2 saturated heterocycles. The van der Waals surface area contributed by atoms with Gasteiger partial charge < -0.3 is 19.7 Å². The molecule has 1 N–H and O–H groups in total. The van der Waals surface area contributed by atoms with Crippen LogP contribution in [0.5, 0.6) is 0 Å². The summed E-state index contributed by atoms with van der Waals surface area (Å²) in [5.41, 5.74) is 0.987. The lowest BCUT2D eigenvalue weighted by atomic mass is 9.91. The fraction of sp³-hybridized carbons (Fsp3) is 0.652. The van der Waals surface area contributed by atoms with Crippen molar-refractivity contribution in [2.45, 2.75) is 58.2 Å². The van der Waals surface area contributed by atoms with Gasteiger partial charge in [-0.1, -0.05) is 44.2 Å². The highest BCUT2D eigenvalue weighted by atomic mass is 16.5. The van der Waals surface area contributed by atoms with Gasteiger partial charge in [0.15, 0.2) is 0 Å². The molecule has 0 radical (unpaired) electrons. The van der Waals surface area contributed by atoms with Crippen LogP contribution in [-0.4, -0.2) is 55.2 Å². The molecule has 6 heteroatoms. The van der Waals surface area contributed by atoms with E-state index in [2.05, 4.69) is 5.32 Å². The first kappa shape index (κ1) is 21.8. The van der Waals surface area contributed by atoms with E-state index in [1.165, 1.54) is 0 Å². The predicted octanol–water partition coefficient (Wildman–Crippen LogP) is 2.76. The van der Waals surface area contributed by atoms with Gasteiger partial charge in [0, 0.05) is 12.5 Å². The third-order valence-corrected chi connectivity index (χ3v) is 5.88. The molecule has 0 saturated carbocycles. The first-order chi connectivity index (χ1) is 14.1. The van der Waals surface area contributed by atoms with E-state index in [0.29, 0.717) is 26.4 Å². The minimum absolute atomic E-state index is 0.105. The number of rotatable bonds is 10. The monoisotopic (exact) mass is 402 g/mol. The molecular formula is C23H34N2O4. The molecule has 0 aromatic heterocycles. The number of hydrogen-bond donors (Lipinski definition) is 1. The zero-order valence-corrected chi connectivity index (χ0v) is 17.6. The standard InChI is InChI=1S/C23H34N2O4/c1-17(2)21(23(27)29-14-18-8-4-3-5-9-18)24-12-6-10-19-11-7-13-25(22(19)26)20-15-28-16-20/h3-5,8-9,17,19-21,24H,6-7,10-16H2,1-2H3. The van der Waals surface area contributed by atoms with Crippen molar-refractivity contribution in [3.05, 3.63) is 35.9 Å². The Morgan fingerprint density at radius 2 is 2.03 bits per heavy atom. The van der Waals surface area contributed by atoms with Gasteiger partial charge in [-0.05, 0) is 43.7 Å². The lowest BCUT2D eigenvalue weighted by Gasteiger charge is -2.42. The van der Waals surface area contributed by atoms with Crippen LogP contribution in [0.3, 0.4) is 0 Å². The van der Waals surface area contributed by atoms with E-state index >= 15 is 0 Å². The number of carbonyl (C=O) groups excluding carboxylic acids is 2. The summed E-state index contributed by atoms with van der Waals surface area (Å²) in [6, 6.07) is 9.67. The van der Waals surface area contributed by atoms with Gasteiger partial charge in [-0.25, -0.2) is 0 Å². The maximum Gasteiger partial charge on any atom is 0.323 e. The molecule has 1 aromatic carbocycles. The van der Waals surface area contributed by atoms with Gasteiger partial charge in [0.05, 0.1) is 19.3 Å². The summed E-state index contributed by atoms with van der Waals surface area (Å²) in [6.45, 7) is 7.27. The second-order valence-corrected chi connectivity index (χ2v) is 8.47. The smallest absolute Gasteiger partial charge is 0.323 e. The summed E-state index contributed by atoms with van der Waals surface area (Å²) >= 11 is 0. The van der Waals surface area contributed by atoms with Crippen molar-refractivity contribution in [3.63, 3.8) is 0 Å². The number of likely N-dealkylation sites (tertiary alicyclic amines) is 1. The molecule has 1 aromatic rings. The number of ether oxygens (including phenoxy) is 2. The summed E-state index contributed by atoms with van der Waals surface area (Å²) in [6.07, 6.45) is 3.77.